The summed E-state index contributed by atoms with van der Waals surface area (Å²) in [5, 5.41) is 22.9. The third-order valence-corrected chi connectivity index (χ3v) is 2.75. The van der Waals surface area contributed by atoms with E-state index < -0.39 is 5.97 Å². The zero-order chi connectivity index (χ0) is 15.4. The van der Waals surface area contributed by atoms with Gasteiger partial charge in [0.05, 0.1) is 18.4 Å². The van der Waals surface area contributed by atoms with Gasteiger partial charge in [0.15, 0.2) is 0 Å². The van der Waals surface area contributed by atoms with Gasteiger partial charge in [-0.3, -0.25) is 14.3 Å². The first-order valence-corrected chi connectivity index (χ1v) is 6.32. The van der Waals surface area contributed by atoms with Crippen LogP contribution in [0.1, 0.15) is 17.1 Å². The first-order chi connectivity index (χ1) is 9.94. The molecule has 0 bridgehead atoms. The summed E-state index contributed by atoms with van der Waals surface area (Å²) >= 11 is 0. The summed E-state index contributed by atoms with van der Waals surface area (Å²) in [4.78, 5) is 22.3. The van der Waals surface area contributed by atoms with E-state index in [-0.39, 0.29) is 25.5 Å². The van der Waals surface area contributed by atoms with Crippen LogP contribution in [0.5, 0.6) is 0 Å². The highest BCUT2D eigenvalue weighted by molar-refractivity contribution is 5.75. The Kier molecular flexibility index (Phi) is 4.31. The molecule has 0 aliphatic heterocycles. The van der Waals surface area contributed by atoms with E-state index in [1.807, 2.05) is 19.9 Å². The van der Waals surface area contributed by atoms with Crippen LogP contribution in [0.25, 0.3) is 0 Å². The monoisotopic (exact) mass is 292 g/mol. The van der Waals surface area contributed by atoms with Crippen molar-refractivity contribution < 1.29 is 14.7 Å². The number of nitrogens with zero attached hydrogens (tertiary/aromatic N) is 5. The van der Waals surface area contributed by atoms with E-state index in [2.05, 4.69) is 20.7 Å². The van der Waals surface area contributed by atoms with E-state index in [1.165, 1.54) is 10.9 Å². The second-order valence-corrected chi connectivity index (χ2v) is 4.66. The highest BCUT2D eigenvalue weighted by Crippen LogP contribution is 2.01. The van der Waals surface area contributed by atoms with Gasteiger partial charge < -0.3 is 10.4 Å². The number of aryl methyl sites for hydroxylation is 2. The van der Waals surface area contributed by atoms with Crippen LogP contribution < -0.4 is 5.32 Å². The molecular formula is C12H16N6O3. The summed E-state index contributed by atoms with van der Waals surface area (Å²) in [6, 6.07) is 1.89. The molecule has 0 fully saturated rings. The minimum Gasteiger partial charge on any atom is -0.480 e. The van der Waals surface area contributed by atoms with Gasteiger partial charge in [-0.15, -0.1) is 5.10 Å². The minimum absolute atomic E-state index is 0.128. The van der Waals surface area contributed by atoms with Crippen molar-refractivity contribution in [2.24, 2.45) is 0 Å². The Morgan fingerprint density at radius 3 is 2.71 bits per heavy atom. The molecule has 0 saturated carbocycles. The summed E-state index contributed by atoms with van der Waals surface area (Å²) in [6.45, 7) is 3.81. The number of amides is 1. The summed E-state index contributed by atoms with van der Waals surface area (Å²) in [5.74, 6) is -1.20. The highest BCUT2D eigenvalue weighted by Gasteiger charge is 2.09. The lowest BCUT2D eigenvalue weighted by Gasteiger charge is -2.05. The third-order valence-electron chi connectivity index (χ3n) is 2.75. The molecule has 112 valence electrons. The molecule has 0 atom stereocenters. The Balaban J connectivity index is 1.85. The molecule has 9 nitrogen and oxygen atoms in total. The van der Waals surface area contributed by atoms with Gasteiger partial charge in [-0.1, -0.05) is 5.21 Å². The van der Waals surface area contributed by atoms with Crippen LogP contribution in [-0.4, -0.2) is 41.8 Å². The summed E-state index contributed by atoms with van der Waals surface area (Å²) in [7, 11) is 0. The van der Waals surface area contributed by atoms with Crippen molar-refractivity contribution in [3.63, 3.8) is 0 Å². The van der Waals surface area contributed by atoms with Crippen LogP contribution in [0.15, 0.2) is 12.3 Å². The SMILES string of the molecule is Cc1cc(C)n(CC(=O)NCc2cn(CC(=O)O)nn2)n1. The molecule has 2 heterocycles. The number of aromatic nitrogens is 5. The maximum absolute atomic E-state index is 11.8. The van der Waals surface area contributed by atoms with Crippen molar-refractivity contribution in [2.45, 2.75) is 33.5 Å². The molecule has 0 radical (unpaired) electrons. The number of rotatable bonds is 6. The maximum Gasteiger partial charge on any atom is 0.325 e. The molecule has 2 aromatic rings. The Bertz CT molecular complexity index is 660. The summed E-state index contributed by atoms with van der Waals surface area (Å²) in [5.41, 5.74) is 2.27. The second-order valence-electron chi connectivity index (χ2n) is 4.66. The standard InChI is InChI=1S/C12H16N6O3/c1-8-3-9(2)18(15-8)6-11(19)13-4-10-5-17(16-14-10)7-12(20)21/h3,5H,4,6-7H2,1-2H3,(H,13,19)(H,20,21). The van der Waals surface area contributed by atoms with Crippen LogP contribution in [-0.2, 0) is 29.2 Å². The Hall–Kier alpha value is -2.71. The molecule has 1 amide bonds. The van der Waals surface area contributed by atoms with E-state index in [4.69, 9.17) is 5.11 Å². The van der Waals surface area contributed by atoms with E-state index in [1.54, 1.807) is 4.68 Å². The summed E-state index contributed by atoms with van der Waals surface area (Å²) < 4.78 is 2.82. The fraction of sp³-hybridized carbons (Fsp3) is 0.417. The van der Waals surface area contributed by atoms with E-state index in [0.29, 0.717) is 5.69 Å². The van der Waals surface area contributed by atoms with E-state index in [0.717, 1.165) is 11.4 Å². The lowest BCUT2D eigenvalue weighted by Crippen LogP contribution is -2.28. The van der Waals surface area contributed by atoms with Gasteiger partial charge in [-0.05, 0) is 19.9 Å². The van der Waals surface area contributed by atoms with Crippen molar-refractivity contribution in [2.75, 3.05) is 0 Å². The van der Waals surface area contributed by atoms with Crippen molar-refractivity contribution in [1.29, 1.82) is 0 Å². The molecule has 2 rings (SSSR count). The first-order valence-electron chi connectivity index (χ1n) is 6.32. The fourth-order valence-corrected chi connectivity index (χ4v) is 1.85. The zero-order valence-electron chi connectivity index (χ0n) is 11.8. The van der Waals surface area contributed by atoms with Crippen molar-refractivity contribution >= 4 is 11.9 Å². The van der Waals surface area contributed by atoms with Crippen LogP contribution in [0.3, 0.4) is 0 Å². The van der Waals surface area contributed by atoms with Gasteiger partial charge in [0.1, 0.15) is 18.8 Å². The Morgan fingerprint density at radius 1 is 1.33 bits per heavy atom. The second kappa shape index (κ2) is 6.16. The smallest absolute Gasteiger partial charge is 0.325 e. The predicted octanol–water partition coefficient (Wildman–Crippen LogP) is -0.508. The molecule has 0 aliphatic rings. The number of carboxylic acids is 1. The Labute approximate surface area is 120 Å². The maximum atomic E-state index is 11.8. The molecule has 2 N–H and O–H groups in total. The molecular weight excluding hydrogens is 276 g/mol. The molecule has 0 saturated heterocycles. The van der Waals surface area contributed by atoms with Gasteiger partial charge >= 0.3 is 5.97 Å². The number of hydrogen-bond donors (Lipinski definition) is 2. The molecule has 21 heavy (non-hydrogen) atoms. The van der Waals surface area contributed by atoms with Crippen molar-refractivity contribution in [1.82, 2.24) is 30.1 Å². The molecule has 0 unspecified atom stereocenters. The molecule has 9 heteroatoms. The van der Waals surface area contributed by atoms with Gasteiger partial charge in [0, 0.05) is 5.69 Å². The normalized spacial score (nSPS) is 10.6. The minimum atomic E-state index is -1.000. The van der Waals surface area contributed by atoms with Crippen molar-refractivity contribution in [3.8, 4) is 0 Å². The van der Waals surface area contributed by atoms with E-state index in [9.17, 15) is 9.59 Å². The average molecular weight is 292 g/mol. The largest absolute Gasteiger partial charge is 0.480 e. The molecule has 2 aromatic heterocycles. The van der Waals surface area contributed by atoms with Crippen LogP contribution >= 0.6 is 0 Å². The fourth-order valence-electron chi connectivity index (χ4n) is 1.85. The molecule has 0 aliphatic carbocycles. The number of nitrogens with one attached hydrogen (secondary N) is 1. The van der Waals surface area contributed by atoms with Gasteiger partial charge in [-0.2, -0.15) is 5.10 Å². The predicted molar refractivity (Wildman–Crippen MR) is 71.2 cm³/mol. The van der Waals surface area contributed by atoms with E-state index >= 15 is 0 Å². The third kappa shape index (κ3) is 4.13. The van der Waals surface area contributed by atoms with Gasteiger partial charge in [-0.25, -0.2) is 4.68 Å². The van der Waals surface area contributed by atoms with Gasteiger partial charge in [0.2, 0.25) is 5.91 Å². The van der Waals surface area contributed by atoms with Gasteiger partial charge in [0.25, 0.3) is 0 Å². The lowest BCUT2D eigenvalue weighted by atomic mass is 10.4. The van der Waals surface area contributed by atoms with Crippen LogP contribution in [0, 0.1) is 13.8 Å². The van der Waals surface area contributed by atoms with Crippen LogP contribution in [0.4, 0.5) is 0 Å². The van der Waals surface area contributed by atoms with Crippen molar-refractivity contribution in [3.05, 3.63) is 29.3 Å². The summed E-state index contributed by atoms with van der Waals surface area (Å²) in [6.07, 6.45) is 1.48. The number of aliphatic carboxylic acids is 1. The quantitative estimate of drug-likeness (QED) is 0.741. The zero-order valence-corrected chi connectivity index (χ0v) is 11.8. The number of carbonyl (C=O) groups excluding carboxylic acids is 1. The number of hydrogen-bond acceptors (Lipinski definition) is 5. The number of carbonyl (C=O) groups is 2. The average Bonchev–Trinajstić information content (AvgIpc) is 2.93. The number of carboxylic acid groups (broad SMARTS) is 1. The van der Waals surface area contributed by atoms with Crippen LogP contribution in [0.2, 0.25) is 0 Å². The molecule has 0 spiro atoms. The lowest BCUT2D eigenvalue weighted by molar-refractivity contribution is -0.138. The Morgan fingerprint density at radius 2 is 2.10 bits per heavy atom. The topological polar surface area (TPSA) is 115 Å². The first kappa shape index (κ1) is 14.7. The molecule has 0 aromatic carbocycles. The highest BCUT2D eigenvalue weighted by atomic mass is 16.4.